The van der Waals surface area contributed by atoms with Gasteiger partial charge >= 0.3 is 0 Å². The van der Waals surface area contributed by atoms with E-state index in [1.807, 2.05) is 0 Å². The van der Waals surface area contributed by atoms with Crippen LogP contribution in [0, 0.1) is 11.6 Å². The van der Waals surface area contributed by atoms with Gasteiger partial charge in [-0.15, -0.1) is 6.58 Å². The molecule has 0 aliphatic rings. The minimum absolute atomic E-state index is 0.174. The van der Waals surface area contributed by atoms with Gasteiger partial charge < -0.3 is 5.11 Å². The van der Waals surface area contributed by atoms with Gasteiger partial charge in [0.25, 0.3) is 0 Å². The van der Waals surface area contributed by atoms with Crippen LogP contribution in [0.25, 0.3) is 0 Å². The first-order valence-corrected chi connectivity index (χ1v) is 5.22. The van der Waals surface area contributed by atoms with Crippen molar-refractivity contribution in [1.29, 1.82) is 0 Å². The fourth-order valence-corrected chi connectivity index (χ4v) is 1.58. The SMILES string of the molecule is C=CCCC(C)(O)Cc1ccc(F)cc1F. The summed E-state index contributed by atoms with van der Waals surface area (Å²) in [4.78, 5) is 0. The van der Waals surface area contributed by atoms with Crippen LogP contribution in [0.3, 0.4) is 0 Å². The normalized spacial score (nSPS) is 14.5. The van der Waals surface area contributed by atoms with Crippen molar-refractivity contribution in [2.24, 2.45) is 0 Å². The molecular weight excluding hydrogens is 210 g/mol. The molecule has 0 fully saturated rings. The highest BCUT2D eigenvalue weighted by molar-refractivity contribution is 5.20. The van der Waals surface area contributed by atoms with E-state index in [4.69, 9.17) is 0 Å². The van der Waals surface area contributed by atoms with Gasteiger partial charge in [0.15, 0.2) is 0 Å². The van der Waals surface area contributed by atoms with Crippen molar-refractivity contribution in [3.05, 3.63) is 48.1 Å². The third kappa shape index (κ3) is 3.74. The van der Waals surface area contributed by atoms with Gasteiger partial charge in [0.2, 0.25) is 0 Å². The first-order chi connectivity index (χ1) is 7.44. The molecule has 3 heteroatoms. The topological polar surface area (TPSA) is 20.2 Å². The molecule has 0 amide bonds. The Balaban J connectivity index is 2.75. The summed E-state index contributed by atoms with van der Waals surface area (Å²) in [7, 11) is 0. The lowest BCUT2D eigenvalue weighted by atomic mass is 9.91. The zero-order valence-electron chi connectivity index (χ0n) is 9.34. The summed E-state index contributed by atoms with van der Waals surface area (Å²) in [5, 5.41) is 9.98. The van der Waals surface area contributed by atoms with Gasteiger partial charge in [0, 0.05) is 12.5 Å². The van der Waals surface area contributed by atoms with Gasteiger partial charge in [-0.05, 0) is 31.4 Å². The van der Waals surface area contributed by atoms with Gasteiger partial charge in [0.05, 0.1) is 5.60 Å². The van der Waals surface area contributed by atoms with E-state index in [1.54, 1.807) is 13.0 Å². The first kappa shape index (κ1) is 12.8. The molecule has 0 aliphatic carbocycles. The van der Waals surface area contributed by atoms with E-state index < -0.39 is 17.2 Å². The standard InChI is InChI=1S/C13H16F2O/c1-3-4-7-13(2,16)9-10-5-6-11(14)8-12(10)15/h3,5-6,8,16H,1,4,7,9H2,2H3. The van der Waals surface area contributed by atoms with Crippen LogP contribution in [0.1, 0.15) is 25.3 Å². The van der Waals surface area contributed by atoms with E-state index in [0.717, 1.165) is 6.07 Å². The maximum atomic E-state index is 13.3. The molecule has 0 aliphatic heterocycles. The molecule has 0 heterocycles. The number of halogens is 2. The molecule has 1 atom stereocenters. The fraction of sp³-hybridized carbons (Fsp3) is 0.385. The second-order valence-corrected chi connectivity index (χ2v) is 4.24. The Kier molecular flexibility index (Phi) is 4.19. The van der Waals surface area contributed by atoms with E-state index in [1.165, 1.54) is 12.1 Å². The largest absolute Gasteiger partial charge is 0.390 e. The molecule has 1 aromatic carbocycles. The fourth-order valence-electron chi connectivity index (χ4n) is 1.58. The van der Waals surface area contributed by atoms with Gasteiger partial charge in [0.1, 0.15) is 11.6 Å². The summed E-state index contributed by atoms with van der Waals surface area (Å²) in [5.41, 5.74) is -0.664. The molecule has 1 nitrogen and oxygen atoms in total. The molecule has 88 valence electrons. The van der Waals surface area contributed by atoms with E-state index in [9.17, 15) is 13.9 Å². The van der Waals surface area contributed by atoms with Crippen LogP contribution in [0.2, 0.25) is 0 Å². The summed E-state index contributed by atoms with van der Waals surface area (Å²) in [6, 6.07) is 3.40. The molecule has 1 aromatic rings. The number of aliphatic hydroxyl groups is 1. The highest BCUT2D eigenvalue weighted by Gasteiger charge is 2.21. The van der Waals surface area contributed by atoms with Crippen molar-refractivity contribution in [1.82, 2.24) is 0 Å². The number of rotatable bonds is 5. The van der Waals surface area contributed by atoms with E-state index in [-0.39, 0.29) is 6.42 Å². The van der Waals surface area contributed by atoms with Gasteiger partial charge in [-0.1, -0.05) is 12.1 Å². The zero-order valence-corrected chi connectivity index (χ0v) is 9.34. The first-order valence-electron chi connectivity index (χ1n) is 5.22. The van der Waals surface area contributed by atoms with Crippen molar-refractivity contribution in [2.45, 2.75) is 31.8 Å². The Hall–Kier alpha value is -1.22. The molecular formula is C13H16F2O. The van der Waals surface area contributed by atoms with Crippen LogP contribution < -0.4 is 0 Å². The van der Waals surface area contributed by atoms with Crippen LogP contribution in [-0.2, 0) is 6.42 Å². The minimum atomic E-state index is -0.993. The van der Waals surface area contributed by atoms with Gasteiger partial charge in [-0.25, -0.2) is 8.78 Å². The molecule has 1 N–H and O–H groups in total. The summed E-state index contributed by atoms with van der Waals surface area (Å²) in [6.07, 6.45) is 3.05. The van der Waals surface area contributed by atoms with Crippen molar-refractivity contribution in [2.75, 3.05) is 0 Å². The Labute approximate surface area is 94.4 Å². The maximum absolute atomic E-state index is 13.3. The average Bonchev–Trinajstić information content (AvgIpc) is 2.19. The summed E-state index contributed by atoms with van der Waals surface area (Å²) in [6.45, 7) is 5.20. The lowest BCUT2D eigenvalue weighted by Gasteiger charge is -2.22. The van der Waals surface area contributed by atoms with Crippen LogP contribution >= 0.6 is 0 Å². The van der Waals surface area contributed by atoms with Crippen molar-refractivity contribution < 1.29 is 13.9 Å². The molecule has 0 radical (unpaired) electrons. The Morgan fingerprint density at radius 1 is 1.44 bits per heavy atom. The van der Waals surface area contributed by atoms with Crippen molar-refractivity contribution in [3.63, 3.8) is 0 Å². The number of allylic oxidation sites excluding steroid dienone is 1. The molecule has 1 unspecified atom stereocenters. The van der Waals surface area contributed by atoms with Crippen molar-refractivity contribution >= 4 is 0 Å². The zero-order chi connectivity index (χ0) is 12.2. The van der Waals surface area contributed by atoms with E-state index >= 15 is 0 Å². The molecule has 0 aromatic heterocycles. The Morgan fingerprint density at radius 2 is 2.12 bits per heavy atom. The lowest BCUT2D eigenvalue weighted by Crippen LogP contribution is -2.27. The molecule has 1 rings (SSSR count). The molecule has 0 saturated carbocycles. The highest BCUT2D eigenvalue weighted by atomic mass is 19.1. The molecule has 0 bridgehead atoms. The summed E-state index contributed by atoms with van der Waals surface area (Å²) in [5.74, 6) is -1.22. The van der Waals surface area contributed by atoms with Gasteiger partial charge in [-0.3, -0.25) is 0 Å². The third-order valence-corrected chi connectivity index (χ3v) is 2.47. The quantitative estimate of drug-likeness (QED) is 0.764. The minimum Gasteiger partial charge on any atom is -0.390 e. The number of benzene rings is 1. The highest BCUT2D eigenvalue weighted by Crippen LogP contribution is 2.21. The Morgan fingerprint density at radius 3 is 2.69 bits per heavy atom. The average molecular weight is 226 g/mol. The second-order valence-electron chi connectivity index (χ2n) is 4.24. The molecule has 0 spiro atoms. The Bertz CT molecular complexity index is 372. The van der Waals surface area contributed by atoms with Crippen LogP contribution in [0.4, 0.5) is 8.78 Å². The maximum Gasteiger partial charge on any atom is 0.129 e. The third-order valence-electron chi connectivity index (χ3n) is 2.47. The van der Waals surface area contributed by atoms with Crippen LogP contribution in [0.5, 0.6) is 0 Å². The smallest absolute Gasteiger partial charge is 0.129 e. The predicted molar refractivity (Wildman–Crippen MR) is 60.1 cm³/mol. The van der Waals surface area contributed by atoms with Crippen LogP contribution in [-0.4, -0.2) is 10.7 Å². The molecule has 0 saturated heterocycles. The predicted octanol–water partition coefficient (Wildman–Crippen LogP) is 3.22. The number of hydrogen-bond donors (Lipinski definition) is 1. The van der Waals surface area contributed by atoms with Crippen LogP contribution in [0.15, 0.2) is 30.9 Å². The second kappa shape index (κ2) is 5.21. The van der Waals surface area contributed by atoms with E-state index in [0.29, 0.717) is 18.4 Å². The summed E-state index contributed by atoms with van der Waals surface area (Å²) >= 11 is 0. The summed E-state index contributed by atoms with van der Waals surface area (Å²) < 4.78 is 26.0. The van der Waals surface area contributed by atoms with Gasteiger partial charge in [-0.2, -0.15) is 0 Å². The van der Waals surface area contributed by atoms with Crippen molar-refractivity contribution in [3.8, 4) is 0 Å². The lowest BCUT2D eigenvalue weighted by molar-refractivity contribution is 0.0514. The number of hydrogen-bond acceptors (Lipinski definition) is 1. The molecule has 16 heavy (non-hydrogen) atoms. The monoisotopic (exact) mass is 226 g/mol. The van der Waals surface area contributed by atoms with E-state index in [2.05, 4.69) is 6.58 Å².